The van der Waals surface area contributed by atoms with Crippen molar-refractivity contribution in [3.63, 3.8) is 0 Å². The molecule has 11 nitrogen and oxygen atoms in total. The Kier molecular flexibility index (Phi) is 6.33. The van der Waals surface area contributed by atoms with Crippen molar-refractivity contribution in [1.29, 1.82) is 0 Å². The summed E-state index contributed by atoms with van der Waals surface area (Å²) in [5, 5.41) is 7.82. The zero-order valence-corrected chi connectivity index (χ0v) is 21.3. The SMILES string of the molecule is CC(C)Nc1ncc(-c2ccc3c(C(N)=O)c(Oc4ccnc(-c5cnn(C)c5)c4)ccc3n2)c(=O)n1C. The van der Waals surface area contributed by atoms with E-state index in [2.05, 4.69) is 25.4 Å². The summed E-state index contributed by atoms with van der Waals surface area (Å²) in [4.78, 5) is 38.9. The van der Waals surface area contributed by atoms with Crippen LogP contribution in [0.3, 0.4) is 0 Å². The molecule has 0 saturated heterocycles. The molecule has 0 unspecified atom stereocenters. The van der Waals surface area contributed by atoms with Gasteiger partial charge in [-0.3, -0.25) is 23.8 Å². The number of fused-ring (bicyclic) bond motifs is 1. The largest absolute Gasteiger partial charge is 0.456 e. The first-order valence-corrected chi connectivity index (χ1v) is 11.9. The molecule has 0 aliphatic carbocycles. The van der Waals surface area contributed by atoms with Crippen molar-refractivity contribution in [3.8, 4) is 34.0 Å². The van der Waals surface area contributed by atoms with Gasteiger partial charge in [-0.05, 0) is 44.2 Å². The van der Waals surface area contributed by atoms with Crippen molar-refractivity contribution in [3.05, 3.63) is 77.1 Å². The van der Waals surface area contributed by atoms with Gasteiger partial charge >= 0.3 is 0 Å². The van der Waals surface area contributed by atoms with Gasteiger partial charge in [-0.2, -0.15) is 5.10 Å². The van der Waals surface area contributed by atoms with E-state index in [1.807, 2.05) is 27.1 Å². The zero-order chi connectivity index (χ0) is 27.0. The lowest BCUT2D eigenvalue weighted by molar-refractivity contribution is 0.0999. The Bertz CT molecular complexity index is 1740. The van der Waals surface area contributed by atoms with Crippen LogP contribution in [0.4, 0.5) is 5.95 Å². The third kappa shape index (κ3) is 4.69. The first-order chi connectivity index (χ1) is 18.2. The van der Waals surface area contributed by atoms with Gasteiger partial charge in [-0.25, -0.2) is 9.97 Å². The highest BCUT2D eigenvalue weighted by atomic mass is 16.5. The molecule has 0 atom stereocenters. The number of primary amides is 1. The lowest BCUT2D eigenvalue weighted by atomic mass is 10.0. The molecule has 11 heteroatoms. The molecule has 0 bridgehead atoms. The van der Waals surface area contributed by atoms with E-state index in [1.165, 1.54) is 10.8 Å². The van der Waals surface area contributed by atoms with E-state index in [-0.39, 0.29) is 22.9 Å². The van der Waals surface area contributed by atoms with Gasteiger partial charge in [0.1, 0.15) is 11.5 Å². The minimum absolute atomic E-state index is 0.121. The Labute approximate surface area is 217 Å². The zero-order valence-electron chi connectivity index (χ0n) is 21.3. The molecule has 5 aromatic rings. The van der Waals surface area contributed by atoms with Crippen molar-refractivity contribution in [2.75, 3.05) is 5.32 Å². The molecular formula is C27H26N8O3. The fourth-order valence-electron chi connectivity index (χ4n) is 4.10. The molecule has 0 fully saturated rings. The first-order valence-electron chi connectivity index (χ1n) is 11.9. The second-order valence-corrected chi connectivity index (χ2v) is 9.11. The van der Waals surface area contributed by atoms with Crippen LogP contribution in [0.5, 0.6) is 11.5 Å². The Morgan fingerprint density at radius 2 is 1.87 bits per heavy atom. The second-order valence-electron chi connectivity index (χ2n) is 9.11. The molecule has 0 aliphatic rings. The maximum atomic E-state index is 13.0. The highest BCUT2D eigenvalue weighted by molar-refractivity contribution is 6.08. The minimum Gasteiger partial charge on any atom is -0.456 e. The number of amides is 1. The van der Waals surface area contributed by atoms with Crippen molar-refractivity contribution in [2.45, 2.75) is 19.9 Å². The molecule has 1 aromatic carbocycles. The predicted molar refractivity (Wildman–Crippen MR) is 144 cm³/mol. The summed E-state index contributed by atoms with van der Waals surface area (Å²) in [7, 11) is 3.48. The number of benzene rings is 1. The first kappa shape index (κ1) is 24.6. The number of aromatic nitrogens is 6. The van der Waals surface area contributed by atoms with Crippen LogP contribution in [-0.2, 0) is 14.1 Å². The van der Waals surface area contributed by atoms with E-state index in [0.29, 0.717) is 39.6 Å². The standard InChI is InChI=1S/C27H26N8O3/c1-15(2)32-27-30-13-19(26(37)35(27)4)21-6-5-18-20(33-21)7-8-23(24(18)25(28)36)38-17-9-10-29-22(11-17)16-12-31-34(3)14-16/h5-15H,1-4H3,(H2,28,36)(H,30,32). The highest BCUT2D eigenvalue weighted by Crippen LogP contribution is 2.33. The monoisotopic (exact) mass is 510 g/mol. The Morgan fingerprint density at radius 3 is 2.58 bits per heavy atom. The number of nitrogens with two attached hydrogens (primary N) is 1. The molecule has 1 amide bonds. The quantitative estimate of drug-likeness (QED) is 0.339. The van der Waals surface area contributed by atoms with Crippen molar-refractivity contribution < 1.29 is 9.53 Å². The van der Waals surface area contributed by atoms with Crippen molar-refractivity contribution in [1.82, 2.24) is 29.3 Å². The van der Waals surface area contributed by atoms with Gasteiger partial charge in [0.15, 0.2) is 0 Å². The molecule has 192 valence electrons. The van der Waals surface area contributed by atoms with E-state index in [0.717, 1.165) is 5.56 Å². The lowest BCUT2D eigenvalue weighted by Gasteiger charge is -2.14. The average Bonchev–Trinajstić information content (AvgIpc) is 3.32. The van der Waals surface area contributed by atoms with Gasteiger partial charge in [0.2, 0.25) is 5.95 Å². The molecule has 38 heavy (non-hydrogen) atoms. The number of nitrogens with zero attached hydrogens (tertiary/aromatic N) is 6. The third-order valence-corrected chi connectivity index (χ3v) is 5.90. The number of carbonyl (C=O) groups excluding carboxylic acids is 1. The topological polar surface area (TPSA) is 143 Å². The van der Waals surface area contributed by atoms with E-state index in [9.17, 15) is 9.59 Å². The van der Waals surface area contributed by atoms with Crippen molar-refractivity contribution >= 4 is 22.8 Å². The molecule has 3 N–H and O–H groups in total. The maximum absolute atomic E-state index is 13.0. The van der Waals surface area contributed by atoms with Gasteiger partial charge < -0.3 is 15.8 Å². The molecule has 0 saturated carbocycles. The minimum atomic E-state index is -0.664. The van der Waals surface area contributed by atoms with Gasteiger partial charge in [0, 0.05) is 55.7 Å². The van der Waals surface area contributed by atoms with Crippen molar-refractivity contribution in [2.24, 2.45) is 19.8 Å². The van der Waals surface area contributed by atoms with Crippen LogP contribution < -0.4 is 21.3 Å². The number of hydrogen-bond donors (Lipinski definition) is 2. The Hall–Kier alpha value is -5.06. The molecule has 0 radical (unpaired) electrons. The molecule has 5 rings (SSSR count). The van der Waals surface area contributed by atoms with Crippen LogP contribution in [0.1, 0.15) is 24.2 Å². The Balaban J connectivity index is 1.52. The molecule has 0 spiro atoms. The normalized spacial score (nSPS) is 11.2. The van der Waals surface area contributed by atoms with E-state index < -0.39 is 5.91 Å². The number of anilines is 1. The van der Waals surface area contributed by atoms with Crippen LogP contribution in [0.25, 0.3) is 33.4 Å². The molecular weight excluding hydrogens is 484 g/mol. The number of hydrogen-bond acceptors (Lipinski definition) is 8. The second kappa shape index (κ2) is 9.77. The average molecular weight is 511 g/mol. The maximum Gasteiger partial charge on any atom is 0.264 e. The molecule has 4 heterocycles. The highest BCUT2D eigenvalue weighted by Gasteiger charge is 2.18. The summed E-state index contributed by atoms with van der Waals surface area (Å²) in [6, 6.07) is 10.3. The number of pyridine rings is 2. The van der Waals surface area contributed by atoms with Crippen LogP contribution in [-0.4, -0.2) is 41.2 Å². The van der Waals surface area contributed by atoms with E-state index in [4.69, 9.17) is 10.5 Å². The summed E-state index contributed by atoms with van der Waals surface area (Å²) in [6.07, 6.45) is 6.67. The van der Waals surface area contributed by atoms with Gasteiger partial charge in [-0.1, -0.05) is 0 Å². The van der Waals surface area contributed by atoms with E-state index in [1.54, 1.807) is 60.5 Å². The number of rotatable bonds is 7. The van der Waals surface area contributed by atoms with Gasteiger partial charge in [-0.15, -0.1) is 0 Å². The summed E-state index contributed by atoms with van der Waals surface area (Å²) in [5.74, 6) is 0.568. The smallest absolute Gasteiger partial charge is 0.264 e. The van der Waals surface area contributed by atoms with Gasteiger partial charge in [0.25, 0.3) is 11.5 Å². The third-order valence-electron chi connectivity index (χ3n) is 5.90. The molecule has 4 aromatic heterocycles. The predicted octanol–water partition coefficient (Wildman–Crippen LogP) is 3.50. The Morgan fingerprint density at radius 1 is 1.05 bits per heavy atom. The number of nitrogens with one attached hydrogen (secondary N) is 1. The number of aryl methyl sites for hydroxylation is 1. The summed E-state index contributed by atoms with van der Waals surface area (Å²) >= 11 is 0. The fraction of sp³-hybridized carbons (Fsp3) is 0.185. The fourth-order valence-corrected chi connectivity index (χ4v) is 4.10. The van der Waals surface area contributed by atoms with Crippen LogP contribution in [0.15, 0.2) is 66.0 Å². The number of ether oxygens (including phenoxy) is 1. The lowest BCUT2D eigenvalue weighted by Crippen LogP contribution is -2.25. The summed E-state index contributed by atoms with van der Waals surface area (Å²) in [5.41, 5.74) is 8.47. The summed E-state index contributed by atoms with van der Waals surface area (Å²) in [6.45, 7) is 3.93. The summed E-state index contributed by atoms with van der Waals surface area (Å²) < 4.78 is 9.21. The van der Waals surface area contributed by atoms with E-state index >= 15 is 0 Å². The molecule has 0 aliphatic heterocycles. The van der Waals surface area contributed by atoms with Crippen LogP contribution in [0, 0.1) is 0 Å². The van der Waals surface area contributed by atoms with Gasteiger partial charge in [0.05, 0.1) is 34.2 Å². The number of carbonyl (C=O) groups is 1. The van der Waals surface area contributed by atoms with Crippen LogP contribution >= 0.6 is 0 Å². The van der Waals surface area contributed by atoms with Crippen LogP contribution in [0.2, 0.25) is 0 Å².